The lowest BCUT2D eigenvalue weighted by Gasteiger charge is -2.39. The average Bonchev–Trinajstić information content (AvgIpc) is 3.48. The fourth-order valence-corrected chi connectivity index (χ4v) is 4.54. The number of hydrogen-bond donors (Lipinski definition) is 1. The lowest BCUT2D eigenvalue weighted by atomic mass is 9.85. The monoisotopic (exact) mass is 450 g/mol. The fourth-order valence-electron chi connectivity index (χ4n) is 4.54. The van der Waals surface area contributed by atoms with Crippen LogP contribution in [0.25, 0.3) is 27.9 Å². The van der Waals surface area contributed by atoms with Crippen molar-refractivity contribution in [3.8, 4) is 16.8 Å². The summed E-state index contributed by atoms with van der Waals surface area (Å²) in [6, 6.07) is 10.1. The van der Waals surface area contributed by atoms with E-state index in [4.69, 9.17) is 4.42 Å². The second kappa shape index (κ2) is 8.27. The Balaban J connectivity index is 1.42. The number of aromatic nitrogens is 5. The zero-order chi connectivity index (χ0) is 23.1. The number of carbonyl (C=O) groups is 1. The predicted molar refractivity (Wildman–Crippen MR) is 117 cm³/mol. The van der Waals surface area contributed by atoms with Gasteiger partial charge in [-0.05, 0) is 59.0 Å². The number of likely N-dealkylation sites (tertiary alicyclic amines) is 1. The molecular formula is C23H23FN6O3. The van der Waals surface area contributed by atoms with Crippen LogP contribution in [0.5, 0.6) is 0 Å². The quantitative estimate of drug-likeness (QED) is 0.488. The van der Waals surface area contributed by atoms with Crippen molar-refractivity contribution in [1.82, 2.24) is 30.1 Å². The Morgan fingerprint density at radius 1 is 1.24 bits per heavy atom. The highest BCUT2D eigenvalue weighted by atomic mass is 19.1. The molecule has 4 aromatic rings. The van der Waals surface area contributed by atoms with Crippen molar-refractivity contribution in [3.63, 3.8) is 0 Å². The molecule has 0 bridgehead atoms. The summed E-state index contributed by atoms with van der Waals surface area (Å²) in [6.45, 7) is 4.51. The zero-order valence-corrected chi connectivity index (χ0v) is 18.2. The van der Waals surface area contributed by atoms with Gasteiger partial charge in [0, 0.05) is 30.1 Å². The maximum atomic E-state index is 14.9. The Kier molecular flexibility index (Phi) is 5.27. The topological polar surface area (TPSA) is 110 Å². The number of amides is 1. The molecule has 2 atom stereocenters. The Morgan fingerprint density at radius 2 is 2.09 bits per heavy atom. The minimum absolute atomic E-state index is 0.0381. The highest BCUT2D eigenvalue weighted by Gasteiger charge is 2.36. The van der Waals surface area contributed by atoms with Gasteiger partial charge >= 0.3 is 6.09 Å². The molecule has 33 heavy (non-hydrogen) atoms. The molecule has 10 heteroatoms. The van der Waals surface area contributed by atoms with Gasteiger partial charge in [-0.25, -0.2) is 18.9 Å². The number of hydrogen-bond acceptors (Lipinski definition) is 6. The van der Waals surface area contributed by atoms with E-state index in [1.165, 1.54) is 22.0 Å². The van der Waals surface area contributed by atoms with Crippen LogP contribution in [0.2, 0.25) is 0 Å². The third-order valence-electron chi connectivity index (χ3n) is 6.29. The van der Waals surface area contributed by atoms with Gasteiger partial charge in [-0.15, -0.1) is 5.10 Å². The normalized spacial score (nSPS) is 18.8. The molecule has 5 rings (SSSR count). The van der Waals surface area contributed by atoms with Crippen molar-refractivity contribution in [2.24, 2.45) is 5.92 Å². The van der Waals surface area contributed by atoms with E-state index < -0.39 is 11.9 Å². The Morgan fingerprint density at radius 3 is 2.79 bits per heavy atom. The van der Waals surface area contributed by atoms with Crippen molar-refractivity contribution in [3.05, 3.63) is 54.4 Å². The largest absolute Gasteiger partial charge is 0.465 e. The smallest absolute Gasteiger partial charge is 0.407 e. The first-order valence-electron chi connectivity index (χ1n) is 10.8. The first-order valence-corrected chi connectivity index (χ1v) is 10.8. The summed E-state index contributed by atoms with van der Waals surface area (Å²) in [7, 11) is 0. The number of benzene rings is 2. The molecule has 2 aromatic heterocycles. The van der Waals surface area contributed by atoms with Crippen molar-refractivity contribution < 1.29 is 18.7 Å². The summed E-state index contributed by atoms with van der Waals surface area (Å²) >= 11 is 0. The summed E-state index contributed by atoms with van der Waals surface area (Å²) in [4.78, 5) is 17.8. The van der Waals surface area contributed by atoms with Gasteiger partial charge in [-0.2, -0.15) is 0 Å². The molecule has 2 aromatic carbocycles. The van der Waals surface area contributed by atoms with E-state index in [2.05, 4.69) is 20.5 Å². The molecule has 1 fully saturated rings. The standard InChI is InChI=1S/C23H23FN6O3/c1-13(2)20-10-15(7-8-29(20)23(31)32)22-26-19-9-14(3-6-21(19)33-22)17-5-4-16(11-18(17)24)30-12-25-27-28-30/h3-6,9,11-13,15,20H,7-8,10H2,1-2H3,(H,31,32). The number of fused-ring (bicyclic) bond motifs is 1. The van der Waals surface area contributed by atoms with Crippen LogP contribution in [-0.4, -0.2) is 53.9 Å². The molecule has 1 aliphatic heterocycles. The van der Waals surface area contributed by atoms with Gasteiger partial charge in [0.05, 0.1) is 5.69 Å². The Hall–Kier alpha value is -3.82. The molecule has 9 nitrogen and oxygen atoms in total. The van der Waals surface area contributed by atoms with E-state index in [9.17, 15) is 14.3 Å². The third kappa shape index (κ3) is 3.92. The van der Waals surface area contributed by atoms with Crippen LogP contribution in [0.1, 0.15) is 38.5 Å². The number of piperidine rings is 1. The number of tetrazole rings is 1. The molecule has 0 spiro atoms. The maximum absolute atomic E-state index is 14.9. The van der Waals surface area contributed by atoms with E-state index in [1.54, 1.807) is 24.3 Å². The minimum Gasteiger partial charge on any atom is -0.465 e. The number of rotatable bonds is 4. The SMILES string of the molecule is CC(C)C1CC(c2nc3cc(-c4ccc(-n5cnnn5)cc4F)ccc3o2)CCN1C(=O)O. The van der Waals surface area contributed by atoms with Crippen molar-refractivity contribution in [2.75, 3.05) is 6.54 Å². The molecule has 1 amide bonds. The van der Waals surface area contributed by atoms with Gasteiger partial charge in [0.25, 0.3) is 0 Å². The first-order chi connectivity index (χ1) is 15.9. The molecule has 170 valence electrons. The first kappa shape index (κ1) is 21.0. The number of carboxylic acid groups (broad SMARTS) is 1. The van der Waals surface area contributed by atoms with Crippen LogP contribution in [0, 0.1) is 11.7 Å². The summed E-state index contributed by atoms with van der Waals surface area (Å²) in [5.74, 6) is 0.439. The molecule has 2 unspecified atom stereocenters. The lowest BCUT2D eigenvalue weighted by Crippen LogP contribution is -2.47. The van der Waals surface area contributed by atoms with Crippen LogP contribution in [-0.2, 0) is 0 Å². The van der Waals surface area contributed by atoms with Crippen LogP contribution in [0.15, 0.2) is 47.1 Å². The second-order valence-electron chi connectivity index (χ2n) is 8.66. The number of nitrogens with zero attached hydrogens (tertiary/aromatic N) is 6. The predicted octanol–water partition coefficient (Wildman–Crippen LogP) is 4.49. The minimum atomic E-state index is -0.887. The molecule has 1 saturated heterocycles. The van der Waals surface area contributed by atoms with E-state index in [1.807, 2.05) is 19.9 Å². The van der Waals surface area contributed by atoms with Crippen LogP contribution in [0.3, 0.4) is 0 Å². The van der Waals surface area contributed by atoms with Crippen molar-refractivity contribution >= 4 is 17.2 Å². The molecule has 3 heterocycles. The van der Waals surface area contributed by atoms with Crippen molar-refractivity contribution in [2.45, 2.75) is 38.6 Å². The summed E-state index contributed by atoms with van der Waals surface area (Å²) in [5, 5.41) is 20.4. The fraction of sp³-hybridized carbons (Fsp3) is 0.348. The number of oxazole rings is 1. The maximum Gasteiger partial charge on any atom is 0.407 e. The molecular weight excluding hydrogens is 427 g/mol. The Labute approximate surface area is 188 Å². The molecule has 0 aliphatic carbocycles. The zero-order valence-electron chi connectivity index (χ0n) is 18.2. The third-order valence-corrected chi connectivity index (χ3v) is 6.29. The van der Waals surface area contributed by atoms with Gasteiger partial charge in [-0.1, -0.05) is 19.9 Å². The summed E-state index contributed by atoms with van der Waals surface area (Å²) < 4.78 is 22.3. The van der Waals surface area contributed by atoms with Gasteiger partial charge in [-0.3, -0.25) is 0 Å². The summed E-state index contributed by atoms with van der Waals surface area (Å²) in [6.07, 6.45) is 1.84. The van der Waals surface area contributed by atoms with Gasteiger partial charge in [0.2, 0.25) is 0 Å². The summed E-state index contributed by atoms with van der Waals surface area (Å²) in [5.41, 5.74) is 2.92. The number of halogens is 1. The van der Waals surface area contributed by atoms with E-state index in [0.29, 0.717) is 53.2 Å². The highest BCUT2D eigenvalue weighted by molar-refractivity contribution is 5.81. The van der Waals surface area contributed by atoms with Gasteiger partial charge in [0.15, 0.2) is 11.5 Å². The van der Waals surface area contributed by atoms with Crippen molar-refractivity contribution in [1.29, 1.82) is 0 Å². The molecule has 1 aliphatic rings. The van der Waals surface area contributed by atoms with Crippen LogP contribution < -0.4 is 0 Å². The lowest BCUT2D eigenvalue weighted by molar-refractivity contribution is 0.0794. The van der Waals surface area contributed by atoms with E-state index >= 15 is 0 Å². The second-order valence-corrected chi connectivity index (χ2v) is 8.66. The van der Waals surface area contributed by atoms with Crippen LogP contribution in [0.4, 0.5) is 9.18 Å². The van der Waals surface area contributed by atoms with Crippen LogP contribution >= 0.6 is 0 Å². The van der Waals surface area contributed by atoms with Gasteiger partial charge in [0.1, 0.15) is 17.7 Å². The highest BCUT2D eigenvalue weighted by Crippen LogP contribution is 2.36. The van der Waals surface area contributed by atoms with Gasteiger partial charge < -0.3 is 14.4 Å². The molecule has 1 N–H and O–H groups in total. The molecule has 0 saturated carbocycles. The average molecular weight is 450 g/mol. The Bertz CT molecular complexity index is 1300. The molecule has 0 radical (unpaired) electrons. The van der Waals surface area contributed by atoms with E-state index in [-0.39, 0.29) is 17.9 Å². The van der Waals surface area contributed by atoms with E-state index in [0.717, 1.165) is 0 Å².